The van der Waals surface area contributed by atoms with Gasteiger partial charge in [0.25, 0.3) is 0 Å². The molecule has 0 radical (unpaired) electrons. The van der Waals surface area contributed by atoms with Crippen LogP contribution >= 0.6 is 11.3 Å². The van der Waals surface area contributed by atoms with Crippen molar-refractivity contribution >= 4 is 28.0 Å². The van der Waals surface area contributed by atoms with Crippen LogP contribution in [0.4, 0.5) is 10.8 Å². The Hall–Kier alpha value is -2.15. The van der Waals surface area contributed by atoms with Crippen LogP contribution in [0, 0.1) is 6.92 Å². The van der Waals surface area contributed by atoms with Crippen molar-refractivity contribution in [1.29, 1.82) is 0 Å². The van der Waals surface area contributed by atoms with Crippen LogP contribution in [0.5, 0.6) is 0 Å². The number of hydrogen-bond donors (Lipinski definition) is 2. The molecule has 0 saturated carbocycles. The molecule has 7 heteroatoms. The number of rotatable bonds is 5. The Balaban J connectivity index is 2.23. The summed E-state index contributed by atoms with van der Waals surface area (Å²) in [6.07, 6.45) is 0.448. The van der Waals surface area contributed by atoms with Gasteiger partial charge >= 0.3 is 0 Å². The van der Waals surface area contributed by atoms with Gasteiger partial charge in [0.2, 0.25) is 5.13 Å². The third kappa shape index (κ3) is 3.41. The van der Waals surface area contributed by atoms with Gasteiger partial charge in [-0.2, -0.15) is 0 Å². The minimum Gasteiger partial charge on any atom is -0.409 e. The van der Waals surface area contributed by atoms with Crippen LogP contribution in [0.15, 0.2) is 35.5 Å². The molecule has 0 aliphatic rings. The van der Waals surface area contributed by atoms with Crippen molar-refractivity contribution in [3.63, 3.8) is 0 Å². The predicted octanol–water partition coefficient (Wildman–Crippen LogP) is 2.12. The van der Waals surface area contributed by atoms with Gasteiger partial charge in [0.05, 0.1) is 0 Å². The van der Waals surface area contributed by atoms with E-state index in [0.717, 1.165) is 15.8 Å². The molecule has 0 aliphatic heterocycles. The summed E-state index contributed by atoms with van der Waals surface area (Å²) in [5.74, 6) is 0.196. The molecule has 0 unspecified atom stereocenters. The number of nitrogens with two attached hydrogens (primary N) is 1. The molecule has 2 aromatic rings. The molecular weight excluding hydrogens is 262 g/mol. The van der Waals surface area contributed by atoms with Gasteiger partial charge < -0.3 is 15.8 Å². The van der Waals surface area contributed by atoms with Crippen molar-refractivity contribution in [2.24, 2.45) is 10.9 Å². The van der Waals surface area contributed by atoms with Gasteiger partial charge in [0.1, 0.15) is 10.8 Å². The van der Waals surface area contributed by atoms with E-state index in [-0.39, 0.29) is 5.84 Å². The number of amidine groups is 1. The van der Waals surface area contributed by atoms with E-state index in [4.69, 9.17) is 10.9 Å². The average Bonchev–Trinajstić information content (AvgIpc) is 2.86. The SMILES string of the molecule is Cc1nnc(N(CCC(N)=NO)c2ccccc2)s1. The number of anilines is 2. The van der Waals surface area contributed by atoms with Crippen molar-refractivity contribution in [2.45, 2.75) is 13.3 Å². The molecule has 0 atom stereocenters. The fraction of sp³-hybridized carbons (Fsp3) is 0.250. The Morgan fingerprint density at radius 3 is 2.68 bits per heavy atom. The highest BCUT2D eigenvalue weighted by atomic mass is 32.1. The lowest BCUT2D eigenvalue weighted by Crippen LogP contribution is -2.24. The summed E-state index contributed by atoms with van der Waals surface area (Å²) in [7, 11) is 0. The lowest BCUT2D eigenvalue weighted by Gasteiger charge is -2.20. The van der Waals surface area contributed by atoms with Crippen molar-refractivity contribution in [3.05, 3.63) is 35.3 Å². The Kier molecular flexibility index (Phi) is 4.30. The molecule has 2 rings (SSSR count). The normalized spacial score (nSPS) is 11.5. The number of para-hydroxylation sites is 1. The number of oxime groups is 1. The number of benzene rings is 1. The number of aromatic nitrogens is 2. The first-order chi connectivity index (χ1) is 9.20. The Morgan fingerprint density at radius 1 is 1.37 bits per heavy atom. The molecule has 0 bridgehead atoms. The first kappa shape index (κ1) is 13.3. The second kappa shape index (κ2) is 6.14. The van der Waals surface area contributed by atoms with E-state index in [0.29, 0.717) is 13.0 Å². The third-order valence-corrected chi connectivity index (χ3v) is 3.40. The van der Waals surface area contributed by atoms with Crippen LogP contribution in [0.25, 0.3) is 0 Å². The maximum Gasteiger partial charge on any atom is 0.212 e. The fourth-order valence-corrected chi connectivity index (χ4v) is 2.35. The Morgan fingerprint density at radius 2 is 2.11 bits per heavy atom. The van der Waals surface area contributed by atoms with Crippen molar-refractivity contribution in [2.75, 3.05) is 11.4 Å². The maximum atomic E-state index is 8.61. The maximum absolute atomic E-state index is 8.61. The Labute approximate surface area is 115 Å². The van der Waals surface area contributed by atoms with E-state index in [1.807, 2.05) is 42.2 Å². The van der Waals surface area contributed by atoms with E-state index in [2.05, 4.69) is 15.4 Å². The van der Waals surface area contributed by atoms with E-state index in [1.54, 1.807) is 0 Å². The fourth-order valence-electron chi connectivity index (χ4n) is 1.61. The smallest absolute Gasteiger partial charge is 0.212 e. The van der Waals surface area contributed by atoms with Gasteiger partial charge in [-0.15, -0.1) is 10.2 Å². The van der Waals surface area contributed by atoms with Gasteiger partial charge in [0.15, 0.2) is 0 Å². The van der Waals surface area contributed by atoms with Gasteiger partial charge in [-0.25, -0.2) is 0 Å². The summed E-state index contributed by atoms with van der Waals surface area (Å²) in [5, 5.41) is 21.5. The predicted molar refractivity (Wildman–Crippen MR) is 76.1 cm³/mol. The van der Waals surface area contributed by atoms with Crippen LogP contribution in [0.1, 0.15) is 11.4 Å². The van der Waals surface area contributed by atoms with Crippen molar-refractivity contribution < 1.29 is 5.21 Å². The summed E-state index contributed by atoms with van der Waals surface area (Å²) in [5.41, 5.74) is 6.53. The molecule has 0 aliphatic carbocycles. The van der Waals surface area contributed by atoms with Crippen LogP contribution in [-0.2, 0) is 0 Å². The van der Waals surface area contributed by atoms with Crippen LogP contribution in [-0.4, -0.2) is 27.8 Å². The van der Waals surface area contributed by atoms with Gasteiger partial charge in [-0.3, -0.25) is 0 Å². The minimum atomic E-state index is 0.196. The summed E-state index contributed by atoms with van der Waals surface area (Å²) in [6.45, 7) is 2.49. The van der Waals surface area contributed by atoms with Crippen molar-refractivity contribution in [1.82, 2.24) is 10.2 Å². The lowest BCUT2D eigenvalue weighted by molar-refractivity contribution is 0.317. The van der Waals surface area contributed by atoms with E-state index >= 15 is 0 Å². The molecule has 1 heterocycles. The molecule has 0 spiro atoms. The largest absolute Gasteiger partial charge is 0.409 e. The summed E-state index contributed by atoms with van der Waals surface area (Å²) in [6, 6.07) is 9.85. The number of aryl methyl sites for hydroxylation is 1. The summed E-state index contributed by atoms with van der Waals surface area (Å²) in [4.78, 5) is 2.00. The van der Waals surface area contributed by atoms with Gasteiger partial charge in [0, 0.05) is 18.7 Å². The average molecular weight is 277 g/mol. The molecule has 3 N–H and O–H groups in total. The monoisotopic (exact) mass is 277 g/mol. The molecule has 1 aromatic carbocycles. The Bertz CT molecular complexity index is 554. The number of hydrogen-bond acceptors (Lipinski definition) is 6. The first-order valence-corrected chi connectivity index (χ1v) is 6.61. The van der Waals surface area contributed by atoms with Gasteiger partial charge in [-0.1, -0.05) is 34.7 Å². The standard InChI is InChI=1S/C12H15N5OS/c1-9-14-15-12(19-9)17(8-7-11(13)16-18)10-5-3-2-4-6-10/h2-6,18H,7-8H2,1H3,(H2,13,16). The highest BCUT2D eigenvalue weighted by Crippen LogP contribution is 2.27. The van der Waals surface area contributed by atoms with E-state index < -0.39 is 0 Å². The van der Waals surface area contributed by atoms with Crippen molar-refractivity contribution in [3.8, 4) is 0 Å². The highest BCUT2D eigenvalue weighted by Gasteiger charge is 2.14. The quantitative estimate of drug-likeness (QED) is 0.378. The zero-order valence-electron chi connectivity index (χ0n) is 10.5. The molecule has 0 saturated heterocycles. The molecule has 1 aromatic heterocycles. The molecule has 19 heavy (non-hydrogen) atoms. The third-order valence-electron chi connectivity index (χ3n) is 2.53. The van der Waals surface area contributed by atoms with Crippen LogP contribution < -0.4 is 10.6 Å². The molecule has 6 nitrogen and oxygen atoms in total. The highest BCUT2D eigenvalue weighted by molar-refractivity contribution is 7.15. The molecule has 0 fully saturated rings. The van der Waals surface area contributed by atoms with Crippen LogP contribution in [0.2, 0.25) is 0 Å². The second-order valence-corrected chi connectivity index (χ2v) is 5.09. The summed E-state index contributed by atoms with van der Waals surface area (Å²) < 4.78 is 0. The molecular formula is C12H15N5OS. The number of nitrogens with zero attached hydrogens (tertiary/aromatic N) is 4. The van der Waals surface area contributed by atoms with Crippen LogP contribution in [0.3, 0.4) is 0 Å². The molecule has 100 valence electrons. The topological polar surface area (TPSA) is 87.6 Å². The first-order valence-electron chi connectivity index (χ1n) is 5.80. The second-order valence-electron chi connectivity index (χ2n) is 3.93. The van der Waals surface area contributed by atoms with Gasteiger partial charge in [-0.05, 0) is 19.1 Å². The van der Waals surface area contributed by atoms with E-state index in [9.17, 15) is 0 Å². The zero-order chi connectivity index (χ0) is 13.7. The summed E-state index contributed by atoms with van der Waals surface area (Å²) >= 11 is 1.51. The molecule has 0 amide bonds. The minimum absolute atomic E-state index is 0.196. The van der Waals surface area contributed by atoms with E-state index in [1.165, 1.54) is 11.3 Å². The zero-order valence-corrected chi connectivity index (χ0v) is 11.3. The lowest BCUT2D eigenvalue weighted by atomic mass is 10.3.